The van der Waals surface area contributed by atoms with Crippen molar-refractivity contribution in [3.05, 3.63) is 71.3 Å². The minimum Gasteiger partial charge on any atom is -0.382 e. The molecule has 1 aliphatic rings. The highest BCUT2D eigenvalue weighted by Crippen LogP contribution is 2.29. The lowest BCUT2D eigenvalue weighted by Gasteiger charge is -2.26. The Balaban J connectivity index is 1.87. The summed E-state index contributed by atoms with van der Waals surface area (Å²) in [5, 5.41) is 3.50. The van der Waals surface area contributed by atoms with Gasteiger partial charge >= 0.3 is 6.18 Å². The number of allylic oxidation sites excluding steroid dienone is 1. The molecule has 30 heavy (non-hydrogen) atoms. The van der Waals surface area contributed by atoms with Crippen molar-refractivity contribution in [2.45, 2.75) is 44.3 Å². The van der Waals surface area contributed by atoms with Gasteiger partial charge in [-0.1, -0.05) is 43.5 Å². The van der Waals surface area contributed by atoms with Gasteiger partial charge in [-0.3, -0.25) is 4.79 Å². The molecule has 2 aromatic carbocycles. The predicted octanol–water partition coefficient (Wildman–Crippen LogP) is 5.92. The zero-order valence-corrected chi connectivity index (χ0v) is 17.3. The molecular weight excluding hydrogens is 389 g/mol. The predicted molar refractivity (Wildman–Crippen MR) is 115 cm³/mol. The molecular formula is C24H27F3N2O. The molecule has 0 saturated heterocycles. The molecule has 1 fully saturated rings. The number of rotatable bonds is 6. The van der Waals surface area contributed by atoms with Crippen LogP contribution >= 0.6 is 0 Å². The van der Waals surface area contributed by atoms with Crippen molar-refractivity contribution in [3.8, 4) is 0 Å². The van der Waals surface area contributed by atoms with E-state index in [-0.39, 0.29) is 11.3 Å². The van der Waals surface area contributed by atoms with Crippen LogP contribution in [-0.4, -0.2) is 25.9 Å². The molecule has 0 unspecified atom stereocenters. The Labute approximate surface area is 175 Å². The van der Waals surface area contributed by atoms with E-state index in [1.165, 1.54) is 24.6 Å². The topological polar surface area (TPSA) is 32.3 Å². The first-order chi connectivity index (χ1) is 14.2. The molecule has 1 aliphatic carbocycles. The van der Waals surface area contributed by atoms with E-state index in [0.717, 1.165) is 49.1 Å². The summed E-state index contributed by atoms with van der Waals surface area (Å²) in [5.74, 6) is -0.321. The van der Waals surface area contributed by atoms with E-state index in [9.17, 15) is 18.0 Å². The van der Waals surface area contributed by atoms with Gasteiger partial charge in [0, 0.05) is 43.2 Å². The van der Waals surface area contributed by atoms with Gasteiger partial charge in [0.2, 0.25) is 0 Å². The quantitative estimate of drug-likeness (QED) is 0.469. The Morgan fingerprint density at radius 2 is 1.50 bits per heavy atom. The summed E-state index contributed by atoms with van der Waals surface area (Å²) < 4.78 is 38.4. The number of nitrogens with zero attached hydrogens (tertiary/aromatic N) is 1. The minimum absolute atomic E-state index is 0.232. The Morgan fingerprint density at radius 3 is 2.03 bits per heavy atom. The molecule has 0 bridgehead atoms. The third kappa shape index (κ3) is 5.65. The van der Waals surface area contributed by atoms with E-state index in [0.29, 0.717) is 11.7 Å². The maximum absolute atomic E-state index is 12.8. The van der Waals surface area contributed by atoms with Crippen molar-refractivity contribution in [1.29, 1.82) is 0 Å². The SMILES string of the molecule is CN(C)c1ccc(/C(=C/C(=O)c2ccc(C(F)(F)F)cc2)NC2CCCCC2)cc1. The number of hydrogen-bond donors (Lipinski definition) is 1. The Hall–Kier alpha value is -2.76. The molecule has 3 rings (SSSR count). The molecule has 6 heteroatoms. The molecule has 3 nitrogen and oxygen atoms in total. The standard InChI is InChI=1S/C24H27F3N2O/c1-29(2)21-14-10-17(11-15-21)22(28-20-6-4-3-5-7-20)16-23(30)18-8-12-19(13-9-18)24(25,26)27/h8-16,20,28H,3-7H2,1-2H3/b22-16-. The smallest absolute Gasteiger partial charge is 0.382 e. The number of ketones is 1. The van der Waals surface area contributed by atoms with Crippen LogP contribution in [0.3, 0.4) is 0 Å². The Morgan fingerprint density at radius 1 is 0.933 bits per heavy atom. The number of anilines is 1. The summed E-state index contributed by atoms with van der Waals surface area (Å²) >= 11 is 0. The van der Waals surface area contributed by atoms with Crippen molar-refractivity contribution in [1.82, 2.24) is 5.32 Å². The van der Waals surface area contributed by atoms with Crippen molar-refractivity contribution in [3.63, 3.8) is 0 Å². The van der Waals surface area contributed by atoms with Gasteiger partial charge in [-0.05, 0) is 42.7 Å². The van der Waals surface area contributed by atoms with Gasteiger partial charge in [0.15, 0.2) is 5.78 Å². The van der Waals surface area contributed by atoms with Gasteiger partial charge in [-0.25, -0.2) is 0 Å². The fourth-order valence-corrected chi connectivity index (χ4v) is 3.65. The number of carbonyl (C=O) groups excluding carboxylic acids is 1. The van der Waals surface area contributed by atoms with E-state index in [1.807, 2.05) is 43.3 Å². The van der Waals surface area contributed by atoms with Crippen LogP contribution in [0.2, 0.25) is 0 Å². The Kier molecular flexibility index (Phi) is 6.85. The number of carbonyl (C=O) groups is 1. The highest BCUT2D eigenvalue weighted by molar-refractivity contribution is 6.08. The van der Waals surface area contributed by atoms with Crippen LogP contribution in [0.15, 0.2) is 54.6 Å². The number of benzene rings is 2. The molecule has 0 aromatic heterocycles. The van der Waals surface area contributed by atoms with Gasteiger partial charge < -0.3 is 10.2 Å². The van der Waals surface area contributed by atoms with Gasteiger partial charge in [0.1, 0.15) is 0 Å². The first-order valence-corrected chi connectivity index (χ1v) is 10.2. The maximum atomic E-state index is 12.8. The number of nitrogens with one attached hydrogen (secondary N) is 1. The zero-order chi connectivity index (χ0) is 21.7. The van der Waals surface area contributed by atoms with E-state index in [2.05, 4.69) is 5.32 Å². The van der Waals surface area contributed by atoms with Crippen LogP contribution in [-0.2, 0) is 6.18 Å². The summed E-state index contributed by atoms with van der Waals surface area (Å²) in [5.41, 5.74) is 2.10. The number of halogens is 3. The van der Waals surface area contributed by atoms with Gasteiger partial charge in [0.25, 0.3) is 0 Å². The highest BCUT2D eigenvalue weighted by Gasteiger charge is 2.30. The summed E-state index contributed by atoms with van der Waals surface area (Å²) in [6.45, 7) is 0. The molecule has 0 heterocycles. The number of hydrogen-bond acceptors (Lipinski definition) is 3. The normalized spacial score (nSPS) is 15.7. The van der Waals surface area contributed by atoms with Gasteiger partial charge in [0.05, 0.1) is 5.56 Å². The zero-order valence-electron chi connectivity index (χ0n) is 17.3. The average Bonchev–Trinajstić information content (AvgIpc) is 2.73. The second kappa shape index (κ2) is 9.37. The molecule has 0 spiro atoms. The van der Waals surface area contributed by atoms with E-state index >= 15 is 0 Å². The third-order valence-electron chi connectivity index (χ3n) is 5.43. The lowest BCUT2D eigenvalue weighted by Crippen LogP contribution is -2.30. The second-order valence-corrected chi connectivity index (χ2v) is 7.92. The highest BCUT2D eigenvalue weighted by atomic mass is 19.4. The van der Waals surface area contributed by atoms with Gasteiger partial charge in [-0.2, -0.15) is 13.2 Å². The van der Waals surface area contributed by atoms with Crippen LogP contribution in [0.5, 0.6) is 0 Å². The van der Waals surface area contributed by atoms with Crippen LogP contribution in [0.1, 0.15) is 53.6 Å². The molecule has 2 aromatic rings. The summed E-state index contributed by atoms with van der Waals surface area (Å²) in [6, 6.07) is 12.5. The van der Waals surface area contributed by atoms with Crippen LogP contribution < -0.4 is 10.2 Å². The fraction of sp³-hybridized carbons (Fsp3) is 0.375. The first-order valence-electron chi connectivity index (χ1n) is 10.2. The second-order valence-electron chi connectivity index (χ2n) is 7.92. The number of alkyl halides is 3. The molecule has 1 saturated carbocycles. The lowest BCUT2D eigenvalue weighted by molar-refractivity contribution is -0.137. The average molecular weight is 416 g/mol. The largest absolute Gasteiger partial charge is 0.416 e. The Bertz CT molecular complexity index is 878. The lowest BCUT2D eigenvalue weighted by atomic mass is 9.94. The third-order valence-corrected chi connectivity index (χ3v) is 5.43. The van der Waals surface area contributed by atoms with Crippen LogP contribution in [0.4, 0.5) is 18.9 Å². The van der Waals surface area contributed by atoms with Crippen LogP contribution in [0, 0.1) is 0 Å². The summed E-state index contributed by atoms with van der Waals surface area (Å²) in [7, 11) is 3.92. The van der Waals surface area contributed by atoms with E-state index < -0.39 is 11.7 Å². The van der Waals surface area contributed by atoms with Crippen LogP contribution in [0.25, 0.3) is 5.70 Å². The van der Waals surface area contributed by atoms with Gasteiger partial charge in [-0.15, -0.1) is 0 Å². The molecule has 0 atom stereocenters. The molecule has 1 N–H and O–H groups in total. The first kappa shape index (κ1) is 21.9. The molecule has 0 radical (unpaired) electrons. The van der Waals surface area contributed by atoms with Crippen molar-refractivity contribution in [2.75, 3.05) is 19.0 Å². The van der Waals surface area contributed by atoms with Crippen molar-refractivity contribution in [2.24, 2.45) is 0 Å². The summed E-state index contributed by atoms with van der Waals surface area (Å²) in [4.78, 5) is 14.8. The molecule has 0 amide bonds. The monoisotopic (exact) mass is 416 g/mol. The molecule has 160 valence electrons. The van der Waals surface area contributed by atoms with E-state index in [4.69, 9.17) is 0 Å². The molecule has 0 aliphatic heterocycles. The van der Waals surface area contributed by atoms with Crippen molar-refractivity contribution < 1.29 is 18.0 Å². The fourth-order valence-electron chi connectivity index (χ4n) is 3.65. The minimum atomic E-state index is -4.42. The maximum Gasteiger partial charge on any atom is 0.416 e. The van der Waals surface area contributed by atoms with Crippen molar-refractivity contribution >= 4 is 17.2 Å². The van der Waals surface area contributed by atoms with E-state index in [1.54, 1.807) is 0 Å². The summed E-state index contributed by atoms with van der Waals surface area (Å²) in [6.07, 6.45) is 2.69.